The van der Waals surface area contributed by atoms with Gasteiger partial charge in [-0.3, -0.25) is 14.4 Å². The van der Waals surface area contributed by atoms with Gasteiger partial charge in [-0.1, -0.05) is 12.5 Å². The number of carboxylic acids is 1. The Morgan fingerprint density at radius 3 is 2.47 bits per heavy atom. The predicted molar refractivity (Wildman–Crippen MR) is 183 cm³/mol. The van der Waals surface area contributed by atoms with E-state index in [0.29, 0.717) is 23.4 Å². The Labute approximate surface area is 284 Å². The van der Waals surface area contributed by atoms with E-state index in [1.54, 1.807) is 44.6 Å². The summed E-state index contributed by atoms with van der Waals surface area (Å²) in [5.41, 5.74) is 13.9. The molecule has 2 atom stereocenters. The van der Waals surface area contributed by atoms with Crippen LogP contribution in [0.4, 0.5) is 22.2 Å². The standard InChI is InChI=1S/C33H44N10O6/c1-41(17-18-42(2)33(48)49-24-9-7-5-4-6-8-10-24)31(47)25(15-16-26(44)45)38-30(46)21-11-13-23(14-12-21)43(3)20-22-19-36-29-27(37-22)28(34)39-32(35)40-29/h7,9,11-14,19,24-25H,4-6,8,10,15-18,20H2,1-3H3,(H,38,46)(H,44,45)(H4,34,35,36,39,40)/b9-7+/t24?,25-/m0/s1. The number of nitrogens with one attached hydrogen (secondary N) is 1. The minimum absolute atomic E-state index is 0.0119. The minimum atomic E-state index is -1.09. The van der Waals surface area contributed by atoms with Crippen LogP contribution in [0.25, 0.3) is 11.2 Å². The van der Waals surface area contributed by atoms with Crippen molar-refractivity contribution in [1.29, 1.82) is 0 Å². The highest BCUT2D eigenvalue weighted by atomic mass is 16.6. The van der Waals surface area contributed by atoms with E-state index >= 15 is 0 Å². The lowest BCUT2D eigenvalue weighted by atomic mass is 10.0. The number of aromatic nitrogens is 4. The van der Waals surface area contributed by atoms with Gasteiger partial charge in [0.05, 0.1) is 18.4 Å². The molecule has 0 aliphatic heterocycles. The van der Waals surface area contributed by atoms with Crippen LogP contribution in [0.15, 0.2) is 42.6 Å². The third-order valence-corrected chi connectivity index (χ3v) is 8.14. The first-order valence-corrected chi connectivity index (χ1v) is 16.1. The van der Waals surface area contributed by atoms with Crippen molar-refractivity contribution in [3.05, 3.63) is 53.9 Å². The number of fused-ring (bicyclic) bond motifs is 1. The van der Waals surface area contributed by atoms with Crippen molar-refractivity contribution in [1.82, 2.24) is 35.1 Å². The molecular weight excluding hydrogens is 632 g/mol. The third kappa shape index (κ3) is 10.5. The van der Waals surface area contributed by atoms with Gasteiger partial charge >= 0.3 is 12.1 Å². The number of likely N-dealkylation sites (N-methyl/N-ethyl adjacent to an activating group) is 2. The van der Waals surface area contributed by atoms with Crippen molar-refractivity contribution in [2.45, 2.75) is 63.6 Å². The highest BCUT2D eigenvalue weighted by Crippen LogP contribution is 2.19. The second kappa shape index (κ2) is 17.0. The van der Waals surface area contributed by atoms with E-state index in [1.165, 1.54) is 9.80 Å². The summed E-state index contributed by atoms with van der Waals surface area (Å²) in [5.74, 6) is -1.96. The number of carbonyl (C=O) groups excluding carboxylic acids is 3. The van der Waals surface area contributed by atoms with Crippen LogP contribution in [0.3, 0.4) is 0 Å². The Hall–Kier alpha value is -5.54. The molecule has 16 nitrogen and oxygen atoms in total. The van der Waals surface area contributed by atoms with Crippen LogP contribution >= 0.6 is 0 Å². The maximum atomic E-state index is 13.4. The van der Waals surface area contributed by atoms with Gasteiger partial charge in [-0.05, 0) is 62.4 Å². The molecule has 0 bridgehead atoms. The van der Waals surface area contributed by atoms with Crippen molar-refractivity contribution < 1.29 is 29.0 Å². The lowest BCUT2D eigenvalue weighted by Gasteiger charge is -2.27. The largest absolute Gasteiger partial charge is 0.481 e. The maximum Gasteiger partial charge on any atom is 0.410 e. The molecular formula is C33H44N10O6. The smallest absolute Gasteiger partial charge is 0.410 e. The lowest BCUT2D eigenvalue weighted by Crippen LogP contribution is -2.49. The molecule has 262 valence electrons. The second-order valence-electron chi connectivity index (χ2n) is 12.0. The molecule has 2 aromatic heterocycles. The average molecular weight is 677 g/mol. The molecule has 16 heteroatoms. The van der Waals surface area contributed by atoms with E-state index < -0.39 is 29.9 Å². The Kier molecular flexibility index (Phi) is 12.6. The zero-order valence-corrected chi connectivity index (χ0v) is 28.0. The molecule has 0 spiro atoms. The van der Waals surface area contributed by atoms with Crippen molar-refractivity contribution in [2.24, 2.45) is 0 Å². The zero-order chi connectivity index (χ0) is 35.5. The molecule has 4 rings (SSSR count). The number of aliphatic carboxylic acids is 1. The summed E-state index contributed by atoms with van der Waals surface area (Å²) in [6.45, 7) is 0.703. The van der Waals surface area contributed by atoms with Gasteiger partial charge in [0.15, 0.2) is 17.0 Å². The monoisotopic (exact) mass is 676 g/mol. The maximum absolute atomic E-state index is 13.4. The molecule has 0 radical (unpaired) electrons. The predicted octanol–water partition coefficient (Wildman–Crippen LogP) is 2.60. The third-order valence-electron chi connectivity index (χ3n) is 8.14. The molecule has 3 amide bonds. The summed E-state index contributed by atoms with van der Waals surface area (Å²) in [6, 6.07) is 5.60. The SMILES string of the molecule is CN(CCN(C)C(=O)[C@H](CCC(=O)O)NC(=O)c1ccc(N(C)Cc2cnc3nc(N)nc(N)c3n2)cc1)C(=O)OC1/C=C/CCCCC1. The van der Waals surface area contributed by atoms with E-state index in [0.717, 1.165) is 37.8 Å². The fourth-order valence-corrected chi connectivity index (χ4v) is 5.24. The topological polar surface area (TPSA) is 223 Å². The molecule has 0 saturated carbocycles. The molecule has 0 fully saturated rings. The van der Waals surface area contributed by atoms with Gasteiger partial charge in [-0.15, -0.1) is 0 Å². The number of carbonyl (C=O) groups is 4. The van der Waals surface area contributed by atoms with Gasteiger partial charge in [0.25, 0.3) is 5.91 Å². The summed E-state index contributed by atoms with van der Waals surface area (Å²) < 4.78 is 5.62. The zero-order valence-electron chi connectivity index (χ0n) is 28.0. The number of rotatable bonds is 13. The fourth-order valence-electron chi connectivity index (χ4n) is 5.24. The van der Waals surface area contributed by atoms with E-state index in [2.05, 4.69) is 25.3 Å². The highest BCUT2D eigenvalue weighted by molar-refractivity contribution is 5.98. The van der Waals surface area contributed by atoms with Gasteiger partial charge in [0.1, 0.15) is 12.1 Å². The van der Waals surface area contributed by atoms with Crippen LogP contribution in [-0.4, -0.2) is 105 Å². The number of hydrogen-bond acceptors (Lipinski definition) is 12. The number of nitrogens with zero attached hydrogens (tertiary/aromatic N) is 7. The van der Waals surface area contributed by atoms with Crippen molar-refractivity contribution in [3.8, 4) is 0 Å². The van der Waals surface area contributed by atoms with E-state index in [9.17, 15) is 24.3 Å². The van der Waals surface area contributed by atoms with E-state index in [-0.39, 0.29) is 49.4 Å². The number of benzene rings is 1. The van der Waals surface area contributed by atoms with Gasteiger partial charge in [-0.25, -0.2) is 14.8 Å². The molecule has 6 N–H and O–H groups in total. The Morgan fingerprint density at radius 1 is 1.00 bits per heavy atom. The minimum Gasteiger partial charge on any atom is -0.481 e. The molecule has 3 aromatic rings. The van der Waals surface area contributed by atoms with Crippen LogP contribution in [0, 0.1) is 0 Å². The summed E-state index contributed by atoms with van der Waals surface area (Å²) in [5, 5.41) is 12.0. The van der Waals surface area contributed by atoms with Crippen LogP contribution in [0.1, 0.15) is 61.0 Å². The molecule has 1 aliphatic carbocycles. The normalized spacial score (nSPS) is 15.7. The van der Waals surface area contributed by atoms with Gasteiger partial charge < -0.3 is 41.3 Å². The average Bonchev–Trinajstić information content (AvgIpc) is 3.06. The summed E-state index contributed by atoms with van der Waals surface area (Å²) in [7, 11) is 4.97. The number of allylic oxidation sites excluding steroid dienone is 1. The lowest BCUT2D eigenvalue weighted by molar-refractivity contribution is -0.137. The van der Waals surface area contributed by atoms with Gasteiger partial charge in [0, 0.05) is 51.9 Å². The molecule has 2 heterocycles. The number of amides is 3. The van der Waals surface area contributed by atoms with Crippen molar-refractivity contribution in [3.63, 3.8) is 0 Å². The number of carboxylic acid groups (broad SMARTS) is 1. The van der Waals surface area contributed by atoms with Gasteiger partial charge in [0.2, 0.25) is 11.9 Å². The van der Waals surface area contributed by atoms with Crippen LogP contribution < -0.4 is 21.7 Å². The van der Waals surface area contributed by atoms with E-state index in [4.69, 9.17) is 16.2 Å². The second-order valence-corrected chi connectivity index (χ2v) is 12.0. The highest BCUT2D eigenvalue weighted by Gasteiger charge is 2.26. The molecule has 1 aliphatic rings. The number of nitrogen functional groups attached to an aromatic ring is 2. The number of nitrogens with two attached hydrogens (primary N) is 2. The summed E-state index contributed by atoms with van der Waals surface area (Å²) in [4.78, 5) is 72.0. The number of hydrogen-bond donors (Lipinski definition) is 4. The summed E-state index contributed by atoms with van der Waals surface area (Å²) >= 11 is 0. The first-order valence-electron chi connectivity index (χ1n) is 16.1. The quantitative estimate of drug-likeness (QED) is 0.191. The molecule has 1 unspecified atom stereocenters. The van der Waals surface area contributed by atoms with Crippen molar-refractivity contribution in [2.75, 3.05) is 50.6 Å². The molecule has 49 heavy (non-hydrogen) atoms. The summed E-state index contributed by atoms with van der Waals surface area (Å²) in [6.07, 6.45) is 9.27. The Morgan fingerprint density at radius 2 is 1.73 bits per heavy atom. The first kappa shape index (κ1) is 36.3. The van der Waals surface area contributed by atoms with Gasteiger partial charge in [-0.2, -0.15) is 9.97 Å². The van der Waals surface area contributed by atoms with Crippen LogP contribution in [-0.2, 0) is 20.9 Å². The Bertz CT molecular complexity index is 1670. The van der Waals surface area contributed by atoms with Crippen LogP contribution in [0.2, 0.25) is 0 Å². The molecule has 0 saturated heterocycles. The fraction of sp³-hybridized carbons (Fsp3) is 0.455. The van der Waals surface area contributed by atoms with E-state index in [1.807, 2.05) is 24.1 Å². The number of anilines is 3. The van der Waals surface area contributed by atoms with Crippen LogP contribution in [0.5, 0.6) is 0 Å². The number of ether oxygens (including phenoxy) is 1. The Balaban J connectivity index is 1.33. The molecule has 1 aromatic carbocycles. The van der Waals surface area contributed by atoms with Crippen molar-refractivity contribution >= 4 is 52.5 Å². The first-order chi connectivity index (χ1) is 23.4.